The van der Waals surface area contributed by atoms with Gasteiger partial charge in [0, 0.05) is 9.52 Å². The number of hydrogen-bond donors (Lipinski definition) is 0. The number of fused-ring (bicyclic) bond motifs is 2. The number of aryl methyl sites for hydroxylation is 2. The predicted octanol–water partition coefficient (Wildman–Crippen LogP) is 3.11. The van der Waals surface area contributed by atoms with Crippen molar-refractivity contribution in [2.45, 2.75) is 78.3 Å². The van der Waals surface area contributed by atoms with Crippen molar-refractivity contribution in [1.29, 1.82) is 0 Å². The largest absolute Gasteiger partial charge is 4.00 e. The summed E-state index contributed by atoms with van der Waals surface area (Å²) in [6.45, 7) is 8.98. The molecule has 0 aliphatic heterocycles. The standard InChI is InChI=1S/2C13H15.C4H11Si.2BrH.Zr/c2*1-2-3-6-11-9-12-7-4-5-8-13(12)10-11;1-3-5-4-2;;;/h2*4-5,7-10H,2-3,6H2,1H3;5H,3-4H2,1-2H3;2*1H;/q2*-1;;;;+4/p-2. The summed E-state index contributed by atoms with van der Waals surface area (Å²) in [5.41, 5.74) is 2.98. The number of rotatable bonds is 8. The molecule has 0 spiro atoms. The van der Waals surface area contributed by atoms with E-state index in [9.17, 15) is 0 Å². The Morgan fingerprint density at radius 3 is 1.29 bits per heavy atom. The second-order valence-corrected chi connectivity index (χ2v) is 10.5. The summed E-state index contributed by atoms with van der Waals surface area (Å²) < 4.78 is 0. The fourth-order valence-electron chi connectivity index (χ4n) is 3.77. The van der Waals surface area contributed by atoms with Crippen LogP contribution >= 0.6 is 0 Å². The molecule has 0 nitrogen and oxygen atoms in total. The molecule has 183 valence electrons. The monoisotopic (exact) mass is 677 g/mol. The van der Waals surface area contributed by atoms with E-state index < -0.39 is 0 Å². The first-order valence-electron chi connectivity index (χ1n) is 12.3. The summed E-state index contributed by atoms with van der Waals surface area (Å²) >= 11 is 0. The Kier molecular flexibility index (Phi) is 23.2. The fourth-order valence-corrected chi connectivity index (χ4v) is 4.35. The maximum Gasteiger partial charge on any atom is 4.00 e. The van der Waals surface area contributed by atoms with E-state index in [4.69, 9.17) is 0 Å². The van der Waals surface area contributed by atoms with Crippen LogP contribution in [0.15, 0.2) is 72.8 Å². The van der Waals surface area contributed by atoms with E-state index in [1.807, 2.05) is 0 Å². The van der Waals surface area contributed by atoms with Gasteiger partial charge in [-0.2, -0.15) is 12.1 Å². The molecule has 0 saturated carbocycles. The zero-order valence-corrected chi connectivity index (χ0v) is 28.2. The van der Waals surface area contributed by atoms with Crippen LogP contribution in [0, 0.1) is 0 Å². The van der Waals surface area contributed by atoms with E-state index in [2.05, 4.69) is 100 Å². The SMILES string of the molecule is CCCCc1cc2ccccc2[cH-]1.CCCCc1cc2ccccc2[cH-]1.CC[SiH]CC.[Br-].[Br-].[Zr+4]. The van der Waals surface area contributed by atoms with E-state index >= 15 is 0 Å². The average Bonchev–Trinajstić information content (AvgIpc) is 3.41. The van der Waals surface area contributed by atoms with Crippen molar-refractivity contribution in [1.82, 2.24) is 0 Å². The van der Waals surface area contributed by atoms with Gasteiger partial charge in [-0.3, -0.25) is 0 Å². The van der Waals surface area contributed by atoms with Gasteiger partial charge in [-0.25, -0.2) is 0 Å². The van der Waals surface area contributed by atoms with Gasteiger partial charge in [-0.1, -0.05) is 77.6 Å². The van der Waals surface area contributed by atoms with Crippen molar-refractivity contribution in [3.05, 3.63) is 83.9 Å². The number of halogens is 2. The second-order valence-electron chi connectivity index (χ2n) is 8.30. The Morgan fingerprint density at radius 2 is 1.00 bits per heavy atom. The maximum atomic E-state index is 2.31. The number of unbranched alkanes of at least 4 members (excludes halogenated alkanes) is 2. The molecular weight excluding hydrogens is 639 g/mol. The van der Waals surface area contributed by atoms with Gasteiger partial charge >= 0.3 is 26.2 Å². The summed E-state index contributed by atoms with van der Waals surface area (Å²) in [6, 6.07) is 29.2. The first-order valence-corrected chi connectivity index (χ1v) is 13.9. The van der Waals surface area contributed by atoms with Gasteiger partial charge < -0.3 is 34.0 Å². The van der Waals surface area contributed by atoms with Crippen molar-refractivity contribution >= 4 is 31.1 Å². The van der Waals surface area contributed by atoms with Crippen LogP contribution in [0.3, 0.4) is 0 Å². The molecule has 4 aromatic carbocycles. The van der Waals surface area contributed by atoms with Crippen molar-refractivity contribution in [2.24, 2.45) is 0 Å². The van der Waals surface area contributed by atoms with Gasteiger partial charge in [-0.15, -0.1) is 81.2 Å². The van der Waals surface area contributed by atoms with Crippen molar-refractivity contribution in [2.75, 3.05) is 0 Å². The minimum absolute atomic E-state index is 0. The van der Waals surface area contributed by atoms with E-state index in [1.54, 1.807) is 0 Å². The van der Waals surface area contributed by atoms with Crippen LogP contribution in [0.25, 0.3) is 21.5 Å². The Bertz CT molecular complexity index is 843. The molecule has 0 saturated heterocycles. The average molecular weight is 681 g/mol. The fraction of sp³-hybridized carbons (Fsp3) is 0.400. The van der Waals surface area contributed by atoms with Gasteiger partial charge in [0.1, 0.15) is 0 Å². The van der Waals surface area contributed by atoms with Crippen LogP contribution in [0.1, 0.15) is 64.5 Å². The molecule has 0 fully saturated rings. The molecule has 0 aliphatic rings. The van der Waals surface area contributed by atoms with Crippen LogP contribution in [0.5, 0.6) is 0 Å². The molecule has 4 aromatic rings. The molecule has 0 aromatic heterocycles. The summed E-state index contributed by atoms with van der Waals surface area (Å²) in [5.74, 6) is 0. The molecule has 0 heterocycles. The van der Waals surface area contributed by atoms with Gasteiger partial charge in [0.05, 0.1) is 0 Å². The third kappa shape index (κ3) is 13.1. The predicted molar refractivity (Wildman–Crippen MR) is 144 cm³/mol. The van der Waals surface area contributed by atoms with Crippen LogP contribution in [-0.4, -0.2) is 9.52 Å². The van der Waals surface area contributed by atoms with Crippen molar-refractivity contribution in [3.63, 3.8) is 0 Å². The van der Waals surface area contributed by atoms with Gasteiger partial charge in [0.25, 0.3) is 0 Å². The third-order valence-electron chi connectivity index (χ3n) is 5.57. The molecule has 4 rings (SSSR count). The molecule has 4 heteroatoms. The summed E-state index contributed by atoms with van der Waals surface area (Å²) in [6.07, 6.45) is 7.62. The normalized spacial score (nSPS) is 9.53. The number of benzene rings is 2. The Hall–Kier alpha value is -0.280. The van der Waals surface area contributed by atoms with Gasteiger partial charge in [0.2, 0.25) is 0 Å². The smallest absolute Gasteiger partial charge is 1.00 e. The molecule has 0 unspecified atom stereocenters. The maximum absolute atomic E-state index is 2.31. The van der Waals surface area contributed by atoms with Crippen LogP contribution < -0.4 is 34.0 Å². The van der Waals surface area contributed by atoms with Gasteiger partial charge in [-0.05, 0) is 12.8 Å². The topological polar surface area (TPSA) is 0 Å². The molecule has 1 radical (unpaired) electrons. The first-order chi connectivity index (χ1) is 15.2. The molecule has 0 bridgehead atoms. The van der Waals surface area contributed by atoms with Gasteiger partial charge in [0.15, 0.2) is 0 Å². The molecule has 34 heavy (non-hydrogen) atoms. The Balaban J connectivity index is 0. The molecule has 0 atom stereocenters. The Morgan fingerprint density at radius 1 is 0.618 bits per heavy atom. The van der Waals surface area contributed by atoms with Crippen LogP contribution in [0.2, 0.25) is 12.1 Å². The van der Waals surface area contributed by atoms with Crippen molar-refractivity contribution in [3.8, 4) is 0 Å². The minimum Gasteiger partial charge on any atom is -1.00 e. The first kappa shape index (κ1) is 35.9. The van der Waals surface area contributed by atoms with Crippen LogP contribution in [0.4, 0.5) is 0 Å². The Labute approximate surface area is 251 Å². The van der Waals surface area contributed by atoms with E-state index in [-0.39, 0.29) is 60.2 Å². The zero-order valence-electron chi connectivity index (χ0n) is 21.4. The third-order valence-corrected chi connectivity index (χ3v) is 6.73. The summed E-state index contributed by atoms with van der Waals surface area (Å²) in [7, 11) is 0.815. The second kappa shape index (κ2) is 22.0. The summed E-state index contributed by atoms with van der Waals surface area (Å²) in [4.78, 5) is 0. The van der Waals surface area contributed by atoms with E-state index in [0.717, 1.165) is 9.52 Å². The molecular formula is C30H41Br2SiZr. The van der Waals surface area contributed by atoms with Crippen molar-refractivity contribution < 1.29 is 60.2 Å². The van der Waals surface area contributed by atoms with E-state index in [1.165, 1.54) is 83.3 Å². The summed E-state index contributed by atoms with van der Waals surface area (Å²) in [5, 5.41) is 5.53. The van der Waals surface area contributed by atoms with E-state index in [0.29, 0.717) is 0 Å². The molecule has 0 aliphatic carbocycles. The molecule has 0 amide bonds. The zero-order chi connectivity index (χ0) is 22.3. The molecule has 0 N–H and O–H groups in total. The quantitative estimate of drug-likeness (QED) is 0.199. The minimum atomic E-state index is 0. The number of hydrogen-bond acceptors (Lipinski definition) is 0. The van der Waals surface area contributed by atoms with Crippen LogP contribution in [-0.2, 0) is 39.0 Å².